The molecule has 6 heteroatoms. The summed E-state index contributed by atoms with van der Waals surface area (Å²) < 4.78 is 9.72. The second kappa shape index (κ2) is 10.5. The normalized spacial score (nSPS) is 15.6. The second-order valence-electron chi connectivity index (χ2n) is 4.16. The molecule has 0 aromatic heterocycles. The zero-order valence-corrected chi connectivity index (χ0v) is 12.2. The van der Waals surface area contributed by atoms with Crippen molar-refractivity contribution in [3.05, 3.63) is 0 Å². The Morgan fingerprint density at radius 1 is 1.17 bits per heavy atom. The Bertz CT molecular complexity index is 254. The molecule has 0 N–H and O–H groups in total. The Morgan fingerprint density at radius 3 is 2.44 bits per heavy atom. The van der Waals surface area contributed by atoms with Gasteiger partial charge in [-0.25, -0.2) is 4.79 Å². The number of ether oxygens (including phenoxy) is 2. The molecular formula is C12H20ClO4S-. The van der Waals surface area contributed by atoms with E-state index in [2.05, 4.69) is 0 Å². The zero-order valence-electron chi connectivity index (χ0n) is 10.7. The summed E-state index contributed by atoms with van der Waals surface area (Å²) in [4.78, 5) is 22.7. The van der Waals surface area contributed by atoms with E-state index < -0.39 is 0 Å². The van der Waals surface area contributed by atoms with E-state index in [1.807, 2.05) is 6.92 Å². The molecule has 0 radical (unpaired) electrons. The Kier molecular flexibility index (Phi) is 10.3. The van der Waals surface area contributed by atoms with Gasteiger partial charge in [-0.15, -0.1) is 0 Å². The zero-order chi connectivity index (χ0) is 12.5. The van der Waals surface area contributed by atoms with Crippen LogP contribution in [-0.2, 0) is 14.3 Å². The molecule has 18 heavy (non-hydrogen) atoms. The van der Waals surface area contributed by atoms with Crippen LogP contribution in [0, 0.1) is 5.92 Å². The van der Waals surface area contributed by atoms with Gasteiger partial charge in [0.25, 0.3) is 0 Å². The van der Waals surface area contributed by atoms with Gasteiger partial charge in [0.05, 0.1) is 5.92 Å². The molecule has 1 aliphatic carbocycles. The van der Waals surface area contributed by atoms with E-state index in [9.17, 15) is 9.59 Å². The number of carbonyl (C=O) groups is 2. The van der Waals surface area contributed by atoms with Gasteiger partial charge in [0.15, 0.2) is 0 Å². The second-order valence-corrected chi connectivity index (χ2v) is 5.19. The topological polar surface area (TPSA) is 52.6 Å². The predicted molar refractivity (Wildman–Crippen MR) is 66.8 cm³/mol. The van der Waals surface area contributed by atoms with E-state index in [0.29, 0.717) is 0 Å². The monoisotopic (exact) mass is 295 g/mol. The maximum absolute atomic E-state index is 11.6. The van der Waals surface area contributed by atoms with Crippen molar-refractivity contribution in [2.24, 2.45) is 5.92 Å². The number of hydrogen-bond donors (Lipinski definition) is 0. The van der Waals surface area contributed by atoms with Crippen LogP contribution in [-0.4, -0.2) is 23.8 Å². The first-order valence-corrected chi connectivity index (χ1v) is 7.18. The van der Waals surface area contributed by atoms with E-state index >= 15 is 0 Å². The first kappa shape index (κ1) is 17.6. The maximum atomic E-state index is 11.6. The molecule has 0 unspecified atom stereocenters. The van der Waals surface area contributed by atoms with Crippen LogP contribution >= 0.6 is 11.8 Å². The van der Waals surface area contributed by atoms with Gasteiger partial charge in [-0.05, 0) is 31.0 Å². The van der Waals surface area contributed by atoms with Crippen molar-refractivity contribution in [2.75, 3.05) is 12.5 Å². The lowest BCUT2D eigenvalue weighted by atomic mass is 9.89. The number of rotatable bonds is 5. The highest BCUT2D eigenvalue weighted by molar-refractivity contribution is 8.13. The lowest BCUT2D eigenvalue weighted by Crippen LogP contribution is -3.00. The van der Waals surface area contributed by atoms with Crippen LogP contribution in [0.25, 0.3) is 0 Å². The number of esters is 1. The minimum atomic E-state index is -0.372. The predicted octanol–water partition coefficient (Wildman–Crippen LogP) is 0.351. The molecule has 0 heterocycles. The molecule has 1 saturated carbocycles. The summed E-state index contributed by atoms with van der Waals surface area (Å²) in [7, 11) is 0. The molecule has 0 aromatic rings. The van der Waals surface area contributed by atoms with Crippen molar-refractivity contribution in [3.63, 3.8) is 0 Å². The van der Waals surface area contributed by atoms with Crippen LogP contribution in [0.15, 0.2) is 0 Å². The average Bonchev–Trinajstić information content (AvgIpc) is 2.37. The van der Waals surface area contributed by atoms with Crippen LogP contribution in [0.1, 0.15) is 45.4 Å². The van der Waals surface area contributed by atoms with Crippen molar-refractivity contribution in [2.45, 2.75) is 45.4 Å². The number of halogens is 1. The first-order chi connectivity index (χ1) is 8.24. The maximum Gasteiger partial charge on any atom is 0.370 e. The van der Waals surface area contributed by atoms with Crippen molar-refractivity contribution in [1.29, 1.82) is 0 Å². The smallest absolute Gasteiger partial charge is 0.370 e. The average molecular weight is 296 g/mol. The number of thioether (sulfide) groups is 1. The third-order valence-electron chi connectivity index (χ3n) is 2.74. The van der Waals surface area contributed by atoms with Crippen LogP contribution < -0.4 is 12.4 Å². The van der Waals surface area contributed by atoms with E-state index in [-0.39, 0.29) is 36.4 Å². The largest absolute Gasteiger partial charge is 1.00 e. The van der Waals surface area contributed by atoms with Gasteiger partial charge < -0.3 is 21.9 Å². The summed E-state index contributed by atoms with van der Waals surface area (Å²) in [6.07, 6.45) is 6.10. The molecule has 0 spiro atoms. The molecule has 1 aliphatic rings. The molecule has 0 atom stereocenters. The first-order valence-electron chi connectivity index (χ1n) is 6.20. The summed E-state index contributed by atoms with van der Waals surface area (Å²) in [6.45, 7) is 1.74. The van der Waals surface area contributed by atoms with Gasteiger partial charge in [-0.2, -0.15) is 0 Å². The lowest BCUT2D eigenvalue weighted by molar-refractivity contribution is -0.157. The van der Waals surface area contributed by atoms with Crippen LogP contribution in [0.4, 0.5) is 4.79 Å². The van der Waals surface area contributed by atoms with E-state index in [1.54, 1.807) is 0 Å². The minimum absolute atomic E-state index is 0. The Hall–Kier alpha value is -0.420. The van der Waals surface area contributed by atoms with Gasteiger partial charge in [-0.1, -0.05) is 26.2 Å². The van der Waals surface area contributed by atoms with Crippen molar-refractivity contribution in [1.82, 2.24) is 0 Å². The number of carbonyl (C=O) groups excluding carboxylic acids is 2. The molecule has 0 aromatic carbocycles. The molecule has 0 amide bonds. The quantitative estimate of drug-likeness (QED) is 0.541. The molecule has 1 fully saturated rings. The molecule has 0 saturated heterocycles. The third-order valence-corrected chi connectivity index (χ3v) is 3.71. The third kappa shape index (κ3) is 7.11. The molecule has 0 aliphatic heterocycles. The SMILES string of the molecule is CCCSC(=O)OCOC(=O)C1CCCCC1.[Cl-]. The van der Waals surface area contributed by atoms with Gasteiger partial charge in [0.2, 0.25) is 6.79 Å². The molecular weight excluding hydrogens is 276 g/mol. The van der Waals surface area contributed by atoms with Crippen LogP contribution in [0.3, 0.4) is 0 Å². The molecule has 106 valence electrons. The summed E-state index contributed by atoms with van der Waals surface area (Å²) in [5, 5.41) is -0.372. The molecule has 0 bridgehead atoms. The van der Waals surface area contributed by atoms with Crippen molar-refractivity contribution in [3.8, 4) is 0 Å². The fraction of sp³-hybridized carbons (Fsp3) is 0.833. The Morgan fingerprint density at radius 2 is 1.83 bits per heavy atom. The van der Waals surface area contributed by atoms with Gasteiger partial charge in [0, 0.05) is 5.75 Å². The van der Waals surface area contributed by atoms with Crippen molar-refractivity contribution < 1.29 is 31.5 Å². The fourth-order valence-electron chi connectivity index (χ4n) is 1.82. The Labute approximate surface area is 119 Å². The molecule has 4 nitrogen and oxygen atoms in total. The van der Waals surface area contributed by atoms with Gasteiger partial charge in [-0.3, -0.25) is 4.79 Å². The minimum Gasteiger partial charge on any atom is -1.00 e. The van der Waals surface area contributed by atoms with Gasteiger partial charge >= 0.3 is 11.3 Å². The summed E-state index contributed by atoms with van der Waals surface area (Å²) in [6, 6.07) is 0. The Balaban J connectivity index is 0.00000289. The standard InChI is InChI=1S/C12H20O4S.ClH/c1-2-8-17-12(14)16-9-15-11(13)10-6-4-3-5-7-10;/h10H,2-9H2,1H3;1H/p-1. The van der Waals surface area contributed by atoms with Gasteiger partial charge in [0.1, 0.15) is 0 Å². The fourth-order valence-corrected chi connectivity index (χ4v) is 2.32. The number of hydrogen-bond acceptors (Lipinski definition) is 5. The highest BCUT2D eigenvalue weighted by Crippen LogP contribution is 2.24. The van der Waals surface area contributed by atoms with Crippen LogP contribution in [0.5, 0.6) is 0 Å². The summed E-state index contributed by atoms with van der Waals surface area (Å²) in [5.74, 6) is 0.513. The molecule has 1 rings (SSSR count). The van der Waals surface area contributed by atoms with Crippen molar-refractivity contribution >= 4 is 23.0 Å². The highest BCUT2D eigenvalue weighted by atomic mass is 35.5. The van der Waals surface area contributed by atoms with Crippen LogP contribution in [0.2, 0.25) is 0 Å². The van der Waals surface area contributed by atoms with E-state index in [1.165, 1.54) is 6.42 Å². The lowest BCUT2D eigenvalue weighted by Gasteiger charge is -2.19. The summed E-state index contributed by atoms with van der Waals surface area (Å²) in [5.41, 5.74) is 0. The van der Waals surface area contributed by atoms with E-state index in [0.717, 1.165) is 49.6 Å². The van der Waals surface area contributed by atoms with E-state index in [4.69, 9.17) is 9.47 Å². The highest BCUT2D eigenvalue weighted by Gasteiger charge is 2.22. The summed E-state index contributed by atoms with van der Waals surface area (Å²) >= 11 is 1.11.